The number of nitrogens with one attached hydrogen (secondary N) is 2. The standard InChI is InChI=1S/C22H31N5O2S/c1-4-29-21-7-5-20(6-8-21)27-17(2)15-19(18(27)3)16-24-25-22(30)23-9-10-26-11-13-28-14-12-26/h5-8,15-16H,4,9-14H2,1-3H3,(H2,23,25,30). The minimum absolute atomic E-state index is 0.528. The zero-order chi connectivity index (χ0) is 21.3. The Hall–Kier alpha value is -2.42. The van der Waals surface area contributed by atoms with Crippen LogP contribution in [0.1, 0.15) is 23.9 Å². The summed E-state index contributed by atoms with van der Waals surface area (Å²) >= 11 is 5.31. The highest BCUT2D eigenvalue weighted by Crippen LogP contribution is 2.22. The van der Waals surface area contributed by atoms with Crippen LogP contribution in [-0.2, 0) is 4.74 Å². The summed E-state index contributed by atoms with van der Waals surface area (Å²) in [6, 6.07) is 10.2. The van der Waals surface area contributed by atoms with Crippen molar-refractivity contribution in [2.24, 2.45) is 5.10 Å². The zero-order valence-electron chi connectivity index (χ0n) is 18.0. The minimum Gasteiger partial charge on any atom is -0.494 e. The fourth-order valence-corrected chi connectivity index (χ4v) is 3.68. The van der Waals surface area contributed by atoms with Crippen molar-refractivity contribution in [3.8, 4) is 11.4 Å². The number of aryl methyl sites for hydroxylation is 1. The van der Waals surface area contributed by atoms with Gasteiger partial charge in [-0.05, 0) is 63.3 Å². The lowest BCUT2D eigenvalue weighted by atomic mass is 10.2. The molecule has 1 aliphatic heterocycles. The van der Waals surface area contributed by atoms with E-state index in [-0.39, 0.29) is 0 Å². The van der Waals surface area contributed by atoms with E-state index in [9.17, 15) is 0 Å². The van der Waals surface area contributed by atoms with Crippen LogP contribution in [0.3, 0.4) is 0 Å². The Morgan fingerprint density at radius 2 is 1.97 bits per heavy atom. The van der Waals surface area contributed by atoms with Gasteiger partial charge < -0.3 is 19.4 Å². The van der Waals surface area contributed by atoms with Gasteiger partial charge in [-0.25, -0.2) is 0 Å². The second kappa shape index (κ2) is 11.1. The smallest absolute Gasteiger partial charge is 0.187 e. The van der Waals surface area contributed by atoms with E-state index in [1.807, 2.05) is 25.3 Å². The van der Waals surface area contributed by atoms with Crippen LogP contribution >= 0.6 is 12.2 Å². The number of rotatable bonds is 8. The SMILES string of the molecule is CCOc1ccc(-n2c(C)cc(C=NNC(=S)NCCN3CCOCC3)c2C)cc1. The number of hydrogen-bond acceptors (Lipinski definition) is 5. The van der Waals surface area contributed by atoms with Crippen LogP contribution in [0.2, 0.25) is 0 Å². The van der Waals surface area contributed by atoms with Crippen LogP contribution in [0, 0.1) is 13.8 Å². The van der Waals surface area contributed by atoms with Crippen LogP contribution in [-0.4, -0.2) is 66.8 Å². The third-order valence-corrected chi connectivity index (χ3v) is 5.30. The van der Waals surface area contributed by atoms with Gasteiger partial charge in [0, 0.05) is 48.8 Å². The van der Waals surface area contributed by atoms with Gasteiger partial charge in [0.15, 0.2) is 5.11 Å². The fourth-order valence-electron chi connectivity index (χ4n) is 3.53. The zero-order valence-corrected chi connectivity index (χ0v) is 18.8. The molecule has 1 saturated heterocycles. The molecule has 0 bridgehead atoms. The molecule has 8 heteroatoms. The van der Waals surface area contributed by atoms with Crippen LogP contribution in [0.15, 0.2) is 35.4 Å². The maximum absolute atomic E-state index is 5.54. The Morgan fingerprint density at radius 3 is 2.67 bits per heavy atom. The summed E-state index contributed by atoms with van der Waals surface area (Å²) in [5.74, 6) is 0.879. The third kappa shape index (κ3) is 6.04. The molecule has 0 aliphatic carbocycles. The molecule has 3 rings (SSSR count). The van der Waals surface area contributed by atoms with E-state index in [0.29, 0.717) is 11.7 Å². The van der Waals surface area contributed by atoms with E-state index in [2.05, 4.69) is 57.4 Å². The fraction of sp³-hybridized carbons (Fsp3) is 0.455. The normalized spacial score (nSPS) is 14.8. The quantitative estimate of drug-likeness (QED) is 0.382. The molecule has 0 unspecified atom stereocenters. The summed E-state index contributed by atoms with van der Waals surface area (Å²) in [5, 5.41) is 8.03. The number of ether oxygens (including phenoxy) is 2. The number of morpholine rings is 1. The first-order chi connectivity index (χ1) is 14.6. The number of benzene rings is 1. The Kier molecular flexibility index (Phi) is 8.24. The predicted octanol–water partition coefficient (Wildman–Crippen LogP) is 2.62. The topological polar surface area (TPSA) is 63.0 Å². The average molecular weight is 430 g/mol. The maximum atomic E-state index is 5.54. The van der Waals surface area contributed by atoms with E-state index in [0.717, 1.165) is 67.8 Å². The Bertz CT molecular complexity index is 857. The molecule has 1 aromatic carbocycles. The minimum atomic E-state index is 0.528. The van der Waals surface area contributed by atoms with Crippen molar-refractivity contribution < 1.29 is 9.47 Å². The molecule has 2 aromatic rings. The third-order valence-electron chi connectivity index (χ3n) is 5.06. The predicted molar refractivity (Wildman–Crippen MR) is 125 cm³/mol. The molecular formula is C22H31N5O2S. The summed E-state index contributed by atoms with van der Waals surface area (Å²) in [5.41, 5.74) is 7.31. The number of hydrogen-bond donors (Lipinski definition) is 2. The molecule has 1 aromatic heterocycles. The highest BCUT2D eigenvalue weighted by Gasteiger charge is 2.10. The van der Waals surface area contributed by atoms with Gasteiger partial charge in [-0.15, -0.1) is 0 Å². The van der Waals surface area contributed by atoms with Crippen molar-refractivity contribution in [3.05, 3.63) is 47.3 Å². The molecule has 2 heterocycles. The first kappa shape index (κ1) is 22.3. The summed E-state index contributed by atoms with van der Waals surface area (Å²) in [6.07, 6.45) is 1.81. The molecule has 0 radical (unpaired) electrons. The highest BCUT2D eigenvalue weighted by atomic mass is 32.1. The molecule has 2 N–H and O–H groups in total. The van der Waals surface area contributed by atoms with Gasteiger partial charge in [-0.3, -0.25) is 10.3 Å². The first-order valence-electron chi connectivity index (χ1n) is 10.4. The van der Waals surface area contributed by atoms with Gasteiger partial charge in [-0.2, -0.15) is 5.10 Å². The molecular weight excluding hydrogens is 398 g/mol. The Morgan fingerprint density at radius 1 is 1.23 bits per heavy atom. The molecule has 162 valence electrons. The molecule has 1 fully saturated rings. The summed E-state index contributed by atoms with van der Waals surface area (Å²) < 4.78 is 13.1. The lowest BCUT2D eigenvalue weighted by molar-refractivity contribution is 0.0389. The second-order valence-corrected chi connectivity index (χ2v) is 7.58. The molecule has 0 amide bonds. The van der Waals surface area contributed by atoms with Gasteiger partial charge in [0.2, 0.25) is 0 Å². The van der Waals surface area contributed by atoms with Crippen LogP contribution in [0.4, 0.5) is 0 Å². The van der Waals surface area contributed by atoms with Gasteiger partial charge in [0.1, 0.15) is 5.75 Å². The molecule has 30 heavy (non-hydrogen) atoms. The van der Waals surface area contributed by atoms with E-state index < -0.39 is 0 Å². The number of hydrazone groups is 1. The first-order valence-corrected chi connectivity index (χ1v) is 10.8. The molecule has 0 spiro atoms. The van der Waals surface area contributed by atoms with Crippen LogP contribution in [0.5, 0.6) is 5.75 Å². The lowest BCUT2D eigenvalue weighted by Gasteiger charge is -2.26. The van der Waals surface area contributed by atoms with E-state index in [1.54, 1.807) is 0 Å². The average Bonchev–Trinajstić information content (AvgIpc) is 3.03. The van der Waals surface area contributed by atoms with Crippen molar-refractivity contribution in [2.75, 3.05) is 46.0 Å². The van der Waals surface area contributed by atoms with Crippen LogP contribution < -0.4 is 15.5 Å². The van der Waals surface area contributed by atoms with E-state index >= 15 is 0 Å². The van der Waals surface area contributed by atoms with E-state index in [4.69, 9.17) is 21.7 Å². The van der Waals surface area contributed by atoms with Crippen molar-refractivity contribution in [1.82, 2.24) is 20.2 Å². The lowest BCUT2D eigenvalue weighted by Crippen LogP contribution is -2.42. The Balaban J connectivity index is 1.53. The van der Waals surface area contributed by atoms with Gasteiger partial charge in [0.05, 0.1) is 26.0 Å². The largest absolute Gasteiger partial charge is 0.494 e. The summed E-state index contributed by atoms with van der Waals surface area (Å²) in [4.78, 5) is 2.36. The number of nitrogens with zero attached hydrogens (tertiary/aromatic N) is 3. The monoisotopic (exact) mass is 429 g/mol. The van der Waals surface area contributed by atoms with Crippen molar-refractivity contribution in [2.45, 2.75) is 20.8 Å². The molecule has 1 aliphatic rings. The van der Waals surface area contributed by atoms with Crippen molar-refractivity contribution in [1.29, 1.82) is 0 Å². The van der Waals surface area contributed by atoms with Crippen LogP contribution in [0.25, 0.3) is 5.69 Å². The highest BCUT2D eigenvalue weighted by molar-refractivity contribution is 7.80. The van der Waals surface area contributed by atoms with Crippen molar-refractivity contribution in [3.63, 3.8) is 0 Å². The molecule has 7 nitrogen and oxygen atoms in total. The van der Waals surface area contributed by atoms with Crippen molar-refractivity contribution >= 4 is 23.5 Å². The molecule has 0 atom stereocenters. The maximum Gasteiger partial charge on any atom is 0.187 e. The number of aromatic nitrogens is 1. The van der Waals surface area contributed by atoms with E-state index in [1.165, 1.54) is 0 Å². The van der Waals surface area contributed by atoms with Gasteiger partial charge in [0.25, 0.3) is 0 Å². The van der Waals surface area contributed by atoms with Gasteiger partial charge >= 0.3 is 0 Å². The summed E-state index contributed by atoms with van der Waals surface area (Å²) in [6.45, 7) is 12.1. The summed E-state index contributed by atoms with van der Waals surface area (Å²) in [7, 11) is 0. The number of thiocarbonyl (C=S) groups is 1. The second-order valence-electron chi connectivity index (χ2n) is 7.17. The van der Waals surface area contributed by atoms with Gasteiger partial charge in [-0.1, -0.05) is 0 Å². The Labute approximate surface area is 184 Å². The molecule has 0 saturated carbocycles.